The smallest absolute Gasteiger partial charge is 0.0582 e. The Bertz CT molecular complexity index is 1420. The topological polar surface area (TPSA) is 4.93 Å². The summed E-state index contributed by atoms with van der Waals surface area (Å²) in [6, 6.07) is 31.0. The number of benzene rings is 4. The molecule has 0 unspecified atom stereocenters. The minimum Gasteiger partial charge on any atom is -0.309 e. The zero-order chi connectivity index (χ0) is 19.8. The summed E-state index contributed by atoms with van der Waals surface area (Å²) in [5, 5.41) is 2.61. The Labute approximate surface area is 178 Å². The van der Waals surface area contributed by atoms with Crippen LogP contribution in [0.2, 0.25) is 0 Å². The van der Waals surface area contributed by atoms with Gasteiger partial charge in [-0.1, -0.05) is 78.3 Å². The molecule has 0 aliphatic carbocycles. The monoisotopic (exact) mass is 437 g/mol. The van der Waals surface area contributed by atoms with Crippen molar-refractivity contribution < 1.29 is 0 Å². The third kappa shape index (κ3) is 2.27. The lowest BCUT2D eigenvalue weighted by Gasteiger charge is -2.35. The molecule has 1 aliphatic heterocycles. The second-order valence-corrected chi connectivity index (χ2v) is 9.34. The van der Waals surface area contributed by atoms with Crippen LogP contribution in [0, 0.1) is 0 Å². The molecule has 0 radical (unpaired) electrons. The van der Waals surface area contributed by atoms with Crippen molar-refractivity contribution in [3.05, 3.63) is 101 Å². The van der Waals surface area contributed by atoms with Gasteiger partial charge in [-0.3, -0.25) is 0 Å². The highest BCUT2D eigenvalue weighted by atomic mass is 79.9. The molecule has 0 bridgehead atoms. The van der Waals surface area contributed by atoms with E-state index < -0.39 is 0 Å². The average Bonchev–Trinajstić information content (AvgIpc) is 3.06. The summed E-state index contributed by atoms with van der Waals surface area (Å²) >= 11 is 3.69. The van der Waals surface area contributed by atoms with Crippen molar-refractivity contribution in [3.63, 3.8) is 0 Å². The number of hydrogen-bond donors (Lipinski definition) is 0. The number of nitrogens with zero attached hydrogens (tertiary/aromatic N) is 1. The lowest BCUT2D eigenvalue weighted by atomic mass is 9.74. The minimum atomic E-state index is -0.0682. The first-order chi connectivity index (χ1) is 14.1. The Kier molecular flexibility index (Phi) is 3.43. The van der Waals surface area contributed by atoms with Gasteiger partial charge in [0.25, 0.3) is 0 Å². The van der Waals surface area contributed by atoms with Gasteiger partial charge in [0.1, 0.15) is 0 Å². The van der Waals surface area contributed by atoms with Gasteiger partial charge in [-0.15, -0.1) is 0 Å². The lowest BCUT2D eigenvalue weighted by molar-refractivity contribution is 0.630. The number of aromatic nitrogens is 1. The third-order valence-corrected chi connectivity index (χ3v) is 6.92. The van der Waals surface area contributed by atoms with Crippen LogP contribution in [0.4, 0.5) is 0 Å². The van der Waals surface area contributed by atoms with Gasteiger partial charge in [0.15, 0.2) is 0 Å². The molecule has 0 amide bonds. The van der Waals surface area contributed by atoms with Gasteiger partial charge in [-0.2, -0.15) is 0 Å². The fourth-order valence-corrected chi connectivity index (χ4v) is 5.35. The highest BCUT2D eigenvalue weighted by Crippen LogP contribution is 2.49. The first-order valence-electron chi connectivity index (χ1n) is 9.99. The van der Waals surface area contributed by atoms with E-state index in [1.54, 1.807) is 0 Å². The van der Waals surface area contributed by atoms with Crippen molar-refractivity contribution in [2.45, 2.75) is 19.3 Å². The fourth-order valence-electron chi connectivity index (χ4n) is 4.99. The summed E-state index contributed by atoms with van der Waals surface area (Å²) in [6.45, 7) is 4.71. The van der Waals surface area contributed by atoms with Crippen LogP contribution in [-0.4, -0.2) is 4.57 Å². The maximum atomic E-state index is 3.69. The Morgan fingerprint density at radius 2 is 1.45 bits per heavy atom. The van der Waals surface area contributed by atoms with Crippen LogP contribution in [0.15, 0.2) is 89.4 Å². The Balaban J connectivity index is 1.86. The molecule has 6 rings (SSSR count). The zero-order valence-electron chi connectivity index (χ0n) is 16.4. The summed E-state index contributed by atoms with van der Waals surface area (Å²) in [4.78, 5) is 0. The first-order valence-corrected chi connectivity index (χ1v) is 10.8. The zero-order valence-corrected chi connectivity index (χ0v) is 18.0. The van der Waals surface area contributed by atoms with E-state index in [1.807, 2.05) is 0 Å². The second-order valence-electron chi connectivity index (χ2n) is 8.43. The third-order valence-electron chi connectivity index (χ3n) is 6.42. The van der Waals surface area contributed by atoms with Crippen LogP contribution < -0.4 is 0 Å². The summed E-state index contributed by atoms with van der Waals surface area (Å²) in [5.41, 5.74) is 9.12. The molecule has 0 saturated heterocycles. The van der Waals surface area contributed by atoms with Gasteiger partial charge < -0.3 is 4.57 Å². The molecule has 2 heteroatoms. The van der Waals surface area contributed by atoms with Crippen LogP contribution >= 0.6 is 15.9 Å². The Hall–Kier alpha value is -2.84. The van der Waals surface area contributed by atoms with Crippen molar-refractivity contribution in [2.24, 2.45) is 0 Å². The largest absolute Gasteiger partial charge is 0.309 e. The quantitative estimate of drug-likeness (QED) is 0.251. The minimum absolute atomic E-state index is 0.0682. The highest BCUT2D eigenvalue weighted by Gasteiger charge is 2.35. The van der Waals surface area contributed by atoms with E-state index in [1.165, 1.54) is 49.7 Å². The molecule has 29 heavy (non-hydrogen) atoms. The summed E-state index contributed by atoms with van der Waals surface area (Å²) in [5.74, 6) is 0. The molecule has 1 aliphatic rings. The van der Waals surface area contributed by atoms with Gasteiger partial charge in [0, 0.05) is 20.7 Å². The number of hydrogen-bond acceptors (Lipinski definition) is 0. The fraction of sp³-hybridized carbons (Fsp3) is 0.111. The van der Waals surface area contributed by atoms with E-state index in [0.717, 1.165) is 4.47 Å². The first kappa shape index (κ1) is 17.1. The molecule has 0 fully saturated rings. The van der Waals surface area contributed by atoms with Gasteiger partial charge in [-0.05, 0) is 58.7 Å². The van der Waals surface area contributed by atoms with Gasteiger partial charge >= 0.3 is 0 Å². The van der Waals surface area contributed by atoms with Crippen molar-refractivity contribution in [1.29, 1.82) is 0 Å². The van der Waals surface area contributed by atoms with Gasteiger partial charge in [0.05, 0.1) is 16.7 Å². The van der Waals surface area contributed by atoms with Crippen LogP contribution in [0.5, 0.6) is 0 Å². The van der Waals surface area contributed by atoms with Crippen molar-refractivity contribution in [1.82, 2.24) is 4.57 Å². The number of rotatable bonds is 1. The van der Waals surface area contributed by atoms with Crippen LogP contribution in [0.3, 0.4) is 0 Å². The molecular weight excluding hydrogens is 418 g/mol. The van der Waals surface area contributed by atoms with Crippen molar-refractivity contribution in [2.75, 3.05) is 0 Å². The average molecular weight is 438 g/mol. The normalized spacial score (nSPS) is 14.3. The van der Waals surface area contributed by atoms with Crippen LogP contribution in [0.1, 0.15) is 25.0 Å². The molecule has 0 N–H and O–H groups in total. The molecule has 1 nitrogen and oxygen atoms in total. The van der Waals surface area contributed by atoms with Gasteiger partial charge in [-0.25, -0.2) is 0 Å². The summed E-state index contributed by atoms with van der Waals surface area (Å²) in [7, 11) is 0. The maximum Gasteiger partial charge on any atom is 0.0582 e. The SMILES string of the molecule is CC1(C)c2ccccc2-n2c3ccc(Br)cc3c3cc(-c4ccccc4)cc1c32. The molecule has 1 aromatic heterocycles. The molecule has 0 saturated carbocycles. The molecule has 0 atom stereocenters. The molecule has 4 aromatic carbocycles. The lowest BCUT2D eigenvalue weighted by Crippen LogP contribution is -2.26. The summed E-state index contributed by atoms with van der Waals surface area (Å²) < 4.78 is 3.57. The Morgan fingerprint density at radius 3 is 2.28 bits per heavy atom. The van der Waals surface area contributed by atoms with Crippen molar-refractivity contribution >= 4 is 37.7 Å². The van der Waals surface area contributed by atoms with E-state index in [2.05, 4.69) is 119 Å². The molecule has 0 spiro atoms. The van der Waals surface area contributed by atoms with E-state index in [-0.39, 0.29) is 5.41 Å². The molecule has 5 aromatic rings. The second kappa shape index (κ2) is 5.84. The Morgan fingerprint density at radius 1 is 0.690 bits per heavy atom. The number of halogens is 1. The highest BCUT2D eigenvalue weighted by molar-refractivity contribution is 9.10. The summed E-state index contributed by atoms with van der Waals surface area (Å²) in [6.07, 6.45) is 0. The standard InChI is InChI=1S/C27H20BrN/c1-27(2)22-10-6-7-11-25(22)29-24-13-12-19(28)16-20(24)21-14-18(15-23(27)26(21)29)17-8-4-3-5-9-17/h3-16H,1-2H3. The van der Waals surface area contributed by atoms with Crippen LogP contribution in [-0.2, 0) is 5.41 Å². The predicted molar refractivity (Wildman–Crippen MR) is 126 cm³/mol. The maximum absolute atomic E-state index is 3.69. The molecule has 140 valence electrons. The number of fused-ring (bicyclic) bond motifs is 5. The molecular formula is C27H20BrN. The van der Waals surface area contributed by atoms with E-state index >= 15 is 0 Å². The predicted octanol–water partition coefficient (Wildman–Crippen LogP) is 7.85. The van der Waals surface area contributed by atoms with Crippen LogP contribution in [0.25, 0.3) is 38.6 Å². The number of para-hydroxylation sites is 1. The van der Waals surface area contributed by atoms with E-state index in [4.69, 9.17) is 0 Å². The van der Waals surface area contributed by atoms with Gasteiger partial charge in [0.2, 0.25) is 0 Å². The van der Waals surface area contributed by atoms with E-state index in [9.17, 15) is 0 Å². The van der Waals surface area contributed by atoms with E-state index in [0.29, 0.717) is 0 Å². The molecule has 2 heterocycles. The van der Waals surface area contributed by atoms with Crippen molar-refractivity contribution in [3.8, 4) is 16.8 Å².